The van der Waals surface area contributed by atoms with Gasteiger partial charge in [0.1, 0.15) is 0 Å². The molecule has 0 amide bonds. The molecule has 0 aliphatic rings. The zero-order valence-corrected chi connectivity index (χ0v) is 34.4. The molecule has 0 aliphatic heterocycles. The first-order chi connectivity index (χ1) is 28.9. The molecule has 0 spiro atoms. The summed E-state index contributed by atoms with van der Waals surface area (Å²) in [5, 5.41) is 0. The third kappa shape index (κ3) is 9.67. The highest BCUT2D eigenvalue weighted by Crippen LogP contribution is 2.34. The minimum atomic E-state index is 1.09. The van der Waals surface area contributed by atoms with Crippen LogP contribution in [0.5, 0.6) is 0 Å². The first kappa shape index (κ1) is 40.0. The maximum absolute atomic E-state index is 5.82. The van der Waals surface area contributed by atoms with Crippen LogP contribution in [0.2, 0.25) is 0 Å². The second-order valence-electron chi connectivity index (χ2n) is 14.9. The lowest BCUT2D eigenvalue weighted by Gasteiger charge is -2.14. The largest absolute Gasteiger partial charge is 0.405 e. The smallest absolute Gasteiger partial charge is 0.00622 e. The Morgan fingerprint density at radius 1 is 0.373 bits per heavy atom. The Morgan fingerprint density at radius 3 is 1.34 bits per heavy atom. The maximum Gasteiger partial charge on any atom is -0.00622 e. The molecule has 2 N–H and O–H groups in total. The quantitative estimate of drug-likeness (QED) is 0.123. The molecule has 7 aromatic rings. The van der Waals surface area contributed by atoms with E-state index in [0.29, 0.717) is 0 Å². The molecule has 288 valence electrons. The van der Waals surface area contributed by atoms with Crippen LogP contribution in [-0.4, -0.2) is 0 Å². The molecule has 0 aliphatic carbocycles. The summed E-state index contributed by atoms with van der Waals surface area (Å²) in [4.78, 5) is 0. The monoisotopic (exact) mass is 761 g/mol. The van der Waals surface area contributed by atoms with Crippen molar-refractivity contribution < 1.29 is 0 Å². The van der Waals surface area contributed by atoms with E-state index in [9.17, 15) is 0 Å². The van der Waals surface area contributed by atoms with E-state index in [1.807, 2.05) is 6.08 Å². The van der Waals surface area contributed by atoms with Crippen molar-refractivity contribution >= 4 is 17.2 Å². The van der Waals surface area contributed by atoms with Crippen LogP contribution in [0.3, 0.4) is 0 Å². The van der Waals surface area contributed by atoms with E-state index in [-0.39, 0.29) is 0 Å². The summed E-state index contributed by atoms with van der Waals surface area (Å²) in [6.07, 6.45) is 20.7. The predicted molar refractivity (Wildman–Crippen MR) is 257 cm³/mol. The van der Waals surface area contributed by atoms with Gasteiger partial charge >= 0.3 is 0 Å². The maximum atomic E-state index is 5.82. The zero-order chi connectivity index (χ0) is 41.0. The van der Waals surface area contributed by atoms with E-state index in [2.05, 4.69) is 240 Å². The Hall–Kier alpha value is -7.22. The number of rotatable bonds is 12. The Labute approximate surface area is 351 Å². The predicted octanol–water partition coefficient (Wildman–Crippen LogP) is 15.4. The lowest BCUT2D eigenvalue weighted by molar-refractivity contribution is 1.38. The van der Waals surface area contributed by atoms with Gasteiger partial charge in [-0.25, -0.2) is 0 Å². The van der Waals surface area contributed by atoms with E-state index in [1.165, 1.54) is 77.9 Å². The lowest BCUT2D eigenvalue weighted by atomic mass is 9.90. The molecule has 0 saturated carbocycles. The summed E-state index contributed by atoms with van der Waals surface area (Å²) in [5.74, 6) is 0. The third-order valence-electron chi connectivity index (χ3n) is 11.0. The summed E-state index contributed by atoms with van der Waals surface area (Å²) in [6.45, 7) is 8.78. The van der Waals surface area contributed by atoms with E-state index < -0.39 is 0 Å². The van der Waals surface area contributed by atoms with Gasteiger partial charge in [-0.2, -0.15) is 0 Å². The molecule has 1 nitrogen and oxygen atoms in total. The van der Waals surface area contributed by atoms with E-state index in [0.717, 1.165) is 16.7 Å². The lowest BCUT2D eigenvalue weighted by Crippen LogP contribution is -1.93. The number of aryl methyl sites for hydroxylation is 2. The van der Waals surface area contributed by atoms with Crippen LogP contribution < -0.4 is 5.73 Å². The molecule has 0 fully saturated rings. The standard InChI is InChI=1S/C58H51N/c1-42-18-11-13-25-53(42)57-29-15-27-55(44(57)3)51(24-17-41-59)22-9-6-10-23-52(56-28-16-30-58(45(56)4)54-26-14-12-19-43(54)2)36-33-46-31-34-48(35-32-46)50-39-37-49(38-40-50)47-20-7-5-8-21-47/h5-41H,59H2,1-4H3/b10-6+,22-9-,36-33-,41-17+,51-24+,52-23+. The van der Waals surface area contributed by atoms with E-state index in [1.54, 1.807) is 6.20 Å². The average Bonchev–Trinajstić information content (AvgIpc) is 3.27. The summed E-state index contributed by atoms with van der Waals surface area (Å²) >= 11 is 0. The average molecular weight is 762 g/mol. The van der Waals surface area contributed by atoms with Crippen molar-refractivity contribution in [3.05, 3.63) is 258 Å². The summed E-state index contributed by atoms with van der Waals surface area (Å²) in [7, 11) is 0. The summed E-state index contributed by atoms with van der Waals surface area (Å²) < 4.78 is 0. The fourth-order valence-corrected chi connectivity index (χ4v) is 7.70. The van der Waals surface area contributed by atoms with Crippen molar-refractivity contribution in [1.82, 2.24) is 0 Å². The molecular formula is C58H51N. The van der Waals surface area contributed by atoms with Gasteiger partial charge in [0.25, 0.3) is 0 Å². The molecule has 7 rings (SSSR count). The first-order valence-electron chi connectivity index (χ1n) is 20.3. The number of nitrogens with two attached hydrogens (primary N) is 1. The van der Waals surface area contributed by atoms with Crippen molar-refractivity contribution in [2.45, 2.75) is 27.7 Å². The van der Waals surface area contributed by atoms with Gasteiger partial charge in [0.05, 0.1) is 0 Å². The molecular weight excluding hydrogens is 711 g/mol. The second-order valence-corrected chi connectivity index (χ2v) is 14.9. The van der Waals surface area contributed by atoms with Gasteiger partial charge in [-0.15, -0.1) is 0 Å². The van der Waals surface area contributed by atoms with Crippen LogP contribution in [0.4, 0.5) is 0 Å². The highest BCUT2D eigenvalue weighted by molar-refractivity contribution is 5.86. The van der Waals surface area contributed by atoms with Gasteiger partial charge in [-0.1, -0.05) is 212 Å². The van der Waals surface area contributed by atoms with Gasteiger partial charge in [-0.3, -0.25) is 0 Å². The van der Waals surface area contributed by atoms with E-state index in [4.69, 9.17) is 5.73 Å². The van der Waals surface area contributed by atoms with Crippen molar-refractivity contribution in [3.63, 3.8) is 0 Å². The first-order valence-corrected chi connectivity index (χ1v) is 20.3. The van der Waals surface area contributed by atoms with Crippen LogP contribution >= 0.6 is 0 Å². The molecule has 7 aromatic carbocycles. The summed E-state index contributed by atoms with van der Waals surface area (Å²) in [5.41, 5.74) is 26.4. The van der Waals surface area contributed by atoms with Gasteiger partial charge in [0.15, 0.2) is 0 Å². The Kier molecular flexibility index (Phi) is 13.1. The molecule has 0 saturated heterocycles. The van der Waals surface area contributed by atoms with Gasteiger partial charge in [0, 0.05) is 0 Å². The summed E-state index contributed by atoms with van der Waals surface area (Å²) in [6, 6.07) is 58.5. The normalized spacial score (nSPS) is 12.4. The molecule has 0 unspecified atom stereocenters. The highest BCUT2D eigenvalue weighted by atomic mass is 14.5. The molecule has 0 bridgehead atoms. The fourth-order valence-electron chi connectivity index (χ4n) is 7.70. The van der Waals surface area contributed by atoms with Crippen LogP contribution in [-0.2, 0) is 0 Å². The number of allylic oxidation sites excluding steroid dienone is 10. The number of hydrogen-bond donors (Lipinski definition) is 1. The second kappa shape index (κ2) is 19.3. The minimum Gasteiger partial charge on any atom is -0.405 e. The van der Waals surface area contributed by atoms with Crippen LogP contribution in [0, 0.1) is 27.7 Å². The van der Waals surface area contributed by atoms with Crippen molar-refractivity contribution in [3.8, 4) is 44.5 Å². The molecule has 59 heavy (non-hydrogen) atoms. The Balaban J connectivity index is 1.18. The fraction of sp³-hybridized carbons (Fsp3) is 0.0690. The zero-order valence-electron chi connectivity index (χ0n) is 34.4. The van der Waals surface area contributed by atoms with Crippen LogP contribution in [0.15, 0.2) is 219 Å². The minimum absolute atomic E-state index is 1.09. The molecule has 0 radical (unpaired) electrons. The Morgan fingerprint density at radius 2 is 0.814 bits per heavy atom. The number of benzene rings is 7. The van der Waals surface area contributed by atoms with Crippen molar-refractivity contribution in [2.24, 2.45) is 5.73 Å². The van der Waals surface area contributed by atoms with Gasteiger partial charge in [0.2, 0.25) is 0 Å². The number of hydrogen-bond acceptors (Lipinski definition) is 1. The SMILES string of the molecule is Cc1ccccc1-c1cccc(C(/C=C\C=C\C=C(/C=C\c2ccc(-c3ccc(-c4ccccc4)cc3)cc2)c2cccc(-c3ccccc3C)c2C)=C/C=C/N)c1C. The van der Waals surface area contributed by atoms with Crippen LogP contribution in [0.1, 0.15) is 38.9 Å². The Bertz CT molecular complexity index is 2720. The highest BCUT2D eigenvalue weighted by Gasteiger charge is 2.12. The molecule has 0 heterocycles. The van der Waals surface area contributed by atoms with Gasteiger partial charge in [-0.05, 0) is 135 Å². The van der Waals surface area contributed by atoms with Crippen molar-refractivity contribution in [2.75, 3.05) is 0 Å². The molecule has 0 aromatic heterocycles. The molecule has 1 heteroatoms. The topological polar surface area (TPSA) is 26.0 Å². The van der Waals surface area contributed by atoms with Crippen molar-refractivity contribution in [1.29, 1.82) is 0 Å². The van der Waals surface area contributed by atoms with Crippen LogP contribution in [0.25, 0.3) is 61.7 Å². The third-order valence-corrected chi connectivity index (χ3v) is 11.0. The van der Waals surface area contributed by atoms with E-state index >= 15 is 0 Å². The van der Waals surface area contributed by atoms with Gasteiger partial charge < -0.3 is 5.73 Å². The molecule has 0 atom stereocenters.